The topological polar surface area (TPSA) is 50.2 Å². The van der Waals surface area contributed by atoms with Crippen LogP contribution in [0.2, 0.25) is 0 Å². The molecular formula is C35H26N4. The second kappa shape index (κ2) is 11.4. The summed E-state index contributed by atoms with van der Waals surface area (Å²) in [5.74, 6) is 0. The minimum Gasteiger partial charge on any atom is -0.346 e. The number of hydrogen-bond acceptors (Lipinski definition) is 3. The summed E-state index contributed by atoms with van der Waals surface area (Å²) in [4.78, 5) is 13.4. The lowest BCUT2D eigenvalue weighted by Gasteiger charge is -2.03. The Labute approximate surface area is 227 Å². The highest BCUT2D eigenvalue weighted by Gasteiger charge is 1.99. The Hall–Kier alpha value is -5.35. The van der Waals surface area contributed by atoms with Crippen LogP contribution < -0.4 is 5.32 Å². The summed E-state index contributed by atoms with van der Waals surface area (Å²) in [5.41, 5.74) is 8.42. The minimum absolute atomic E-state index is 0.887. The van der Waals surface area contributed by atoms with Crippen LogP contribution in [0.1, 0.15) is 22.3 Å². The van der Waals surface area contributed by atoms with Gasteiger partial charge >= 0.3 is 0 Å². The van der Waals surface area contributed by atoms with E-state index in [-0.39, 0.29) is 0 Å². The zero-order chi connectivity index (χ0) is 26.3. The second-order valence-electron chi connectivity index (χ2n) is 9.12. The van der Waals surface area contributed by atoms with E-state index in [9.17, 15) is 0 Å². The van der Waals surface area contributed by atoms with Crippen molar-refractivity contribution in [1.29, 1.82) is 0 Å². The van der Waals surface area contributed by atoms with Gasteiger partial charge in [0.15, 0.2) is 0 Å². The first-order valence-electron chi connectivity index (χ1n) is 12.8. The standard InChI is InChI=1S/C35H26N4/c1-3-7-34-32(5-1)28(21-23-36-34)15-9-26-11-17-30(18-12-26)38-25-39-31-19-13-27(14-20-31)10-16-29-22-24-37-35-8-4-2-6-33(29)35/h1-25H,(H,38,39)/b15-9-,16-10+. The third-order valence-corrected chi connectivity index (χ3v) is 6.52. The largest absolute Gasteiger partial charge is 0.346 e. The summed E-state index contributed by atoms with van der Waals surface area (Å²) in [6.07, 6.45) is 13.9. The van der Waals surface area contributed by atoms with Crippen molar-refractivity contribution < 1.29 is 0 Å². The number of para-hydroxylation sites is 2. The summed E-state index contributed by atoms with van der Waals surface area (Å²) in [6.45, 7) is 0. The molecule has 0 amide bonds. The first-order chi connectivity index (χ1) is 19.3. The molecule has 0 unspecified atom stereocenters. The average Bonchev–Trinajstić information content (AvgIpc) is 3.00. The van der Waals surface area contributed by atoms with Gasteiger partial charge in [0, 0.05) is 28.9 Å². The van der Waals surface area contributed by atoms with Crippen molar-refractivity contribution in [2.45, 2.75) is 0 Å². The Bertz CT molecular complexity index is 1800. The number of benzene rings is 4. The zero-order valence-corrected chi connectivity index (χ0v) is 21.3. The van der Waals surface area contributed by atoms with Crippen molar-refractivity contribution >= 4 is 63.8 Å². The fraction of sp³-hybridized carbons (Fsp3) is 0. The molecule has 6 aromatic rings. The van der Waals surface area contributed by atoms with Gasteiger partial charge in [-0.2, -0.15) is 0 Å². The van der Waals surface area contributed by atoms with Gasteiger partial charge < -0.3 is 5.32 Å². The third-order valence-electron chi connectivity index (χ3n) is 6.52. The Balaban J connectivity index is 1.06. The molecule has 0 aliphatic rings. The first kappa shape index (κ1) is 24.0. The van der Waals surface area contributed by atoms with Gasteiger partial charge in [-0.05, 0) is 70.8 Å². The number of nitrogens with one attached hydrogen (secondary N) is 1. The molecule has 0 saturated carbocycles. The first-order valence-corrected chi connectivity index (χ1v) is 12.8. The molecule has 4 nitrogen and oxygen atoms in total. The highest BCUT2D eigenvalue weighted by atomic mass is 14.9. The van der Waals surface area contributed by atoms with Crippen LogP contribution in [0, 0.1) is 0 Å². The van der Waals surface area contributed by atoms with Crippen molar-refractivity contribution in [2.24, 2.45) is 4.99 Å². The normalized spacial score (nSPS) is 11.8. The monoisotopic (exact) mass is 502 g/mol. The molecule has 186 valence electrons. The van der Waals surface area contributed by atoms with Crippen LogP contribution in [-0.2, 0) is 0 Å². The van der Waals surface area contributed by atoms with Crippen molar-refractivity contribution in [3.63, 3.8) is 0 Å². The molecule has 1 N–H and O–H groups in total. The van der Waals surface area contributed by atoms with E-state index in [1.807, 2.05) is 85.2 Å². The summed E-state index contributed by atoms with van der Waals surface area (Å²) >= 11 is 0. The quantitative estimate of drug-likeness (QED) is 0.175. The molecule has 0 aliphatic carbocycles. The predicted octanol–water partition coefficient (Wildman–Crippen LogP) is 8.90. The number of aromatic nitrogens is 2. The molecule has 2 heterocycles. The lowest BCUT2D eigenvalue weighted by Crippen LogP contribution is -1.93. The van der Waals surface area contributed by atoms with Crippen LogP contribution in [-0.4, -0.2) is 16.3 Å². The van der Waals surface area contributed by atoms with Gasteiger partial charge in [0.25, 0.3) is 0 Å². The second-order valence-corrected chi connectivity index (χ2v) is 9.12. The molecule has 0 fully saturated rings. The molecule has 0 bridgehead atoms. The van der Waals surface area contributed by atoms with Gasteiger partial charge in [0.05, 0.1) is 23.1 Å². The van der Waals surface area contributed by atoms with E-state index in [1.54, 1.807) is 6.34 Å². The van der Waals surface area contributed by atoms with Gasteiger partial charge in [0.2, 0.25) is 0 Å². The predicted molar refractivity (Wildman–Crippen MR) is 166 cm³/mol. The van der Waals surface area contributed by atoms with Gasteiger partial charge in [-0.25, -0.2) is 4.99 Å². The zero-order valence-electron chi connectivity index (χ0n) is 21.3. The molecular weight excluding hydrogens is 476 g/mol. The van der Waals surface area contributed by atoms with Crippen LogP contribution in [0.25, 0.3) is 46.1 Å². The number of anilines is 1. The van der Waals surface area contributed by atoms with Crippen LogP contribution >= 0.6 is 0 Å². The van der Waals surface area contributed by atoms with Crippen LogP contribution in [0.4, 0.5) is 11.4 Å². The number of pyridine rings is 2. The molecule has 2 aromatic heterocycles. The van der Waals surface area contributed by atoms with E-state index in [0.717, 1.165) is 55.4 Å². The number of nitrogens with zero attached hydrogens (tertiary/aromatic N) is 3. The summed E-state index contributed by atoms with van der Waals surface area (Å²) < 4.78 is 0. The fourth-order valence-electron chi connectivity index (χ4n) is 4.44. The van der Waals surface area contributed by atoms with E-state index in [1.165, 1.54) is 0 Å². The number of aliphatic imine (C=N–C) groups is 1. The summed E-state index contributed by atoms with van der Waals surface area (Å²) in [7, 11) is 0. The summed E-state index contributed by atoms with van der Waals surface area (Å²) in [5, 5.41) is 5.55. The van der Waals surface area contributed by atoms with Crippen LogP contribution in [0.15, 0.2) is 127 Å². The molecule has 4 heteroatoms. The van der Waals surface area contributed by atoms with Gasteiger partial charge in [-0.15, -0.1) is 0 Å². The maximum Gasteiger partial charge on any atom is 0.0930 e. The van der Waals surface area contributed by atoms with Gasteiger partial charge in [-0.1, -0.05) is 85.0 Å². The molecule has 39 heavy (non-hydrogen) atoms. The lowest BCUT2D eigenvalue weighted by atomic mass is 10.1. The van der Waals surface area contributed by atoms with Gasteiger partial charge in [0.1, 0.15) is 0 Å². The molecule has 0 aliphatic heterocycles. The maximum atomic E-state index is 4.54. The molecule has 0 atom stereocenters. The Morgan fingerprint density at radius 1 is 0.513 bits per heavy atom. The number of fused-ring (bicyclic) bond motifs is 2. The van der Waals surface area contributed by atoms with E-state index in [2.05, 4.69) is 81.0 Å². The van der Waals surface area contributed by atoms with Crippen LogP contribution in [0.3, 0.4) is 0 Å². The van der Waals surface area contributed by atoms with Crippen molar-refractivity contribution in [2.75, 3.05) is 5.32 Å². The summed E-state index contributed by atoms with van der Waals surface area (Å²) in [6, 6.07) is 36.9. The van der Waals surface area contributed by atoms with Crippen molar-refractivity contribution in [1.82, 2.24) is 9.97 Å². The van der Waals surface area contributed by atoms with E-state index in [4.69, 9.17) is 0 Å². The molecule has 4 aromatic carbocycles. The van der Waals surface area contributed by atoms with Crippen molar-refractivity contribution in [3.8, 4) is 0 Å². The maximum absolute atomic E-state index is 4.54. The van der Waals surface area contributed by atoms with Gasteiger partial charge in [-0.3, -0.25) is 9.97 Å². The van der Waals surface area contributed by atoms with E-state index >= 15 is 0 Å². The highest BCUT2D eigenvalue weighted by Crippen LogP contribution is 2.21. The fourth-order valence-corrected chi connectivity index (χ4v) is 4.44. The molecule has 0 radical (unpaired) electrons. The Morgan fingerprint density at radius 3 is 1.59 bits per heavy atom. The minimum atomic E-state index is 0.887. The number of hydrogen-bond donors (Lipinski definition) is 1. The molecule has 0 spiro atoms. The van der Waals surface area contributed by atoms with Crippen molar-refractivity contribution in [3.05, 3.63) is 144 Å². The highest BCUT2D eigenvalue weighted by molar-refractivity contribution is 5.91. The Kier molecular flexibility index (Phi) is 7.00. The third kappa shape index (κ3) is 5.81. The average molecular weight is 503 g/mol. The van der Waals surface area contributed by atoms with E-state index in [0.29, 0.717) is 0 Å². The van der Waals surface area contributed by atoms with Crippen LogP contribution in [0.5, 0.6) is 0 Å². The smallest absolute Gasteiger partial charge is 0.0930 e. The Morgan fingerprint density at radius 2 is 1.03 bits per heavy atom. The molecule has 6 rings (SSSR count). The van der Waals surface area contributed by atoms with E-state index < -0.39 is 0 Å². The lowest BCUT2D eigenvalue weighted by molar-refractivity contribution is 1.41. The SMILES string of the molecule is C(=Nc1ccc(/C=C/c2ccnc3ccccc23)cc1)Nc1ccc(/C=C\c2ccnc3ccccc23)cc1. The molecule has 0 saturated heterocycles. The number of rotatable bonds is 7.